The molecular formula is C21H24N2O4. The van der Waals surface area contributed by atoms with Crippen LogP contribution < -0.4 is 0 Å². The quantitative estimate of drug-likeness (QED) is 0.790. The van der Waals surface area contributed by atoms with Crippen LogP contribution in [0.3, 0.4) is 0 Å². The van der Waals surface area contributed by atoms with Crippen LogP contribution in [0, 0.1) is 17.8 Å². The highest BCUT2D eigenvalue weighted by atomic mass is 16.5. The van der Waals surface area contributed by atoms with Gasteiger partial charge >= 0.3 is 0 Å². The molecule has 142 valence electrons. The van der Waals surface area contributed by atoms with Crippen LogP contribution in [0.1, 0.15) is 29.9 Å². The van der Waals surface area contributed by atoms with Crippen molar-refractivity contribution in [2.24, 2.45) is 5.92 Å². The minimum Gasteiger partial charge on any atom is -0.394 e. The van der Waals surface area contributed by atoms with Gasteiger partial charge in [-0.2, -0.15) is 0 Å². The van der Waals surface area contributed by atoms with Gasteiger partial charge in [-0.05, 0) is 30.5 Å². The van der Waals surface area contributed by atoms with Crippen LogP contribution in [0.4, 0.5) is 0 Å². The molecule has 3 fully saturated rings. The monoisotopic (exact) mass is 368 g/mol. The minimum absolute atomic E-state index is 0.0368. The summed E-state index contributed by atoms with van der Waals surface area (Å²) in [4.78, 5) is 28.5. The fourth-order valence-corrected chi connectivity index (χ4v) is 4.25. The number of benzene rings is 1. The number of aliphatic hydroxyl groups excluding tert-OH is 1. The Morgan fingerprint density at radius 3 is 2.67 bits per heavy atom. The van der Waals surface area contributed by atoms with Crippen LogP contribution in [-0.4, -0.2) is 72.2 Å². The maximum atomic E-state index is 12.6. The summed E-state index contributed by atoms with van der Waals surface area (Å²) < 4.78 is 4.93. The third-order valence-corrected chi connectivity index (χ3v) is 5.74. The molecule has 2 aliphatic heterocycles. The molecule has 2 heterocycles. The fourth-order valence-electron chi connectivity index (χ4n) is 4.25. The van der Waals surface area contributed by atoms with Gasteiger partial charge in [0.2, 0.25) is 11.8 Å². The third kappa shape index (κ3) is 3.33. The van der Waals surface area contributed by atoms with E-state index in [0.717, 1.165) is 24.0 Å². The van der Waals surface area contributed by atoms with Gasteiger partial charge in [0.25, 0.3) is 0 Å². The second-order valence-electron chi connectivity index (χ2n) is 7.49. The van der Waals surface area contributed by atoms with Crippen molar-refractivity contribution < 1.29 is 19.4 Å². The van der Waals surface area contributed by atoms with Crippen molar-refractivity contribution in [2.75, 3.05) is 33.4 Å². The SMILES string of the molecule is COCC#Cc1ccc([C@H]2[C@@H](CO)N3C(=O)CN(C(=O)C4CC4)C[C@H]23)cc1. The lowest BCUT2D eigenvalue weighted by Gasteiger charge is -2.58. The highest BCUT2D eigenvalue weighted by Crippen LogP contribution is 2.43. The van der Waals surface area contributed by atoms with Gasteiger partial charge in [-0.1, -0.05) is 24.0 Å². The van der Waals surface area contributed by atoms with E-state index in [1.54, 1.807) is 16.9 Å². The molecule has 0 radical (unpaired) electrons. The number of rotatable bonds is 4. The van der Waals surface area contributed by atoms with E-state index in [0.29, 0.717) is 13.2 Å². The van der Waals surface area contributed by atoms with Crippen molar-refractivity contribution in [2.45, 2.75) is 30.8 Å². The molecule has 3 aliphatic rings. The lowest BCUT2D eigenvalue weighted by Crippen LogP contribution is -2.73. The third-order valence-electron chi connectivity index (χ3n) is 5.74. The molecule has 0 spiro atoms. The second-order valence-corrected chi connectivity index (χ2v) is 7.49. The van der Waals surface area contributed by atoms with E-state index >= 15 is 0 Å². The predicted molar refractivity (Wildman–Crippen MR) is 98.7 cm³/mol. The van der Waals surface area contributed by atoms with Crippen LogP contribution >= 0.6 is 0 Å². The van der Waals surface area contributed by atoms with E-state index in [-0.39, 0.29) is 48.9 Å². The molecular weight excluding hydrogens is 344 g/mol. The Balaban J connectivity index is 1.52. The van der Waals surface area contributed by atoms with Crippen LogP contribution in [0.25, 0.3) is 0 Å². The number of piperazine rings is 1. The van der Waals surface area contributed by atoms with E-state index in [1.807, 2.05) is 24.3 Å². The Morgan fingerprint density at radius 2 is 2.04 bits per heavy atom. The van der Waals surface area contributed by atoms with Crippen molar-refractivity contribution >= 4 is 11.8 Å². The Labute approximate surface area is 159 Å². The molecule has 1 aromatic rings. The smallest absolute Gasteiger partial charge is 0.242 e. The van der Waals surface area contributed by atoms with E-state index in [1.165, 1.54) is 0 Å². The van der Waals surface area contributed by atoms with E-state index < -0.39 is 0 Å². The highest BCUT2D eigenvalue weighted by Gasteiger charge is 2.55. The molecule has 6 nitrogen and oxygen atoms in total. The molecule has 27 heavy (non-hydrogen) atoms. The van der Waals surface area contributed by atoms with Gasteiger partial charge in [0, 0.05) is 31.1 Å². The van der Waals surface area contributed by atoms with Crippen molar-refractivity contribution in [3.8, 4) is 11.8 Å². The number of amides is 2. The Morgan fingerprint density at radius 1 is 1.30 bits per heavy atom. The zero-order valence-electron chi connectivity index (χ0n) is 15.4. The molecule has 3 atom stereocenters. The maximum absolute atomic E-state index is 12.6. The van der Waals surface area contributed by atoms with Gasteiger partial charge in [-0.25, -0.2) is 0 Å². The number of fused-ring (bicyclic) bond motifs is 1. The second kappa shape index (κ2) is 7.34. The van der Waals surface area contributed by atoms with Gasteiger partial charge in [0.05, 0.1) is 25.2 Å². The predicted octanol–water partition coefficient (Wildman–Crippen LogP) is 0.592. The van der Waals surface area contributed by atoms with Crippen molar-refractivity contribution in [3.05, 3.63) is 35.4 Å². The Kier molecular flexibility index (Phi) is 4.90. The summed E-state index contributed by atoms with van der Waals surface area (Å²) in [7, 11) is 1.61. The standard InChI is InChI=1S/C21H24N2O4/c1-27-10-2-3-14-4-6-15(7-5-14)20-17-11-22(21(26)16-8-9-16)12-19(25)23(17)18(20)13-24/h4-7,16-18,20,24H,8-13H2,1H3/t17-,18-,20-/m1/s1. The van der Waals surface area contributed by atoms with Crippen LogP contribution in [0.2, 0.25) is 0 Å². The average Bonchev–Trinajstić information content (AvgIpc) is 3.49. The van der Waals surface area contributed by atoms with Gasteiger partial charge in [0.15, 0.2) is 0 Å². The molecule has 0 bridgehead atoms. The van der Waals surface area contributed by atoms with Gasteiger partial charge in [0.1, 0.15) is 6.61 Å². The molecule has 2 amide bonds. The number of hydrogen-bond acceptors (Lipinski definition) is 4. The van der Waals surface area contributed by atoms with E-state index in [9.17, 15) is 14.7 Å². The number of ether oxygens (including phenoxy) is 1. The van der Waals surface area contributed by atoms with Crippen molar-refractivity contribution in [1.29, 1.82) is 0 Å². The number of hydrogen-bond donors (Lipinski definition) is 1. The summed E-state index contributed by atoms with van der Waals surface area (Å²) >= 11 is 0. The summed E-state index contributed by atoms with van der Waals surface area (Å²) in [5.74, 6) is 6.16. The molecule has 0 aromatic heterocycles. The molecule has 1 N–H and O–H groups in total. The molecule has 2 saturated heterocycles. The summed E-state index contributed by atoms with van der Waals surface area (Å²) in [6.07, 6.45) is 1.87. The lowest BCUT2D eigenvalue weighted by atomic mass is 9.73. The first-order valence-electron chi connectivity index (χ1n) is 9.42. The summed E-state index contributed by atoms with van der Waals surface area (Å²) in [5.41, 5.74) is 1.97. The number of carbonyl (C=O) groups is 2. The molecule has 6 heteroatoms. The molecule has 1 aromatic carbocycles. The number of aliphatic hydroxyl groups is 1. The first-order chi connectivity index (χ1) is 13.1. The molecule has 1 saturated carbocycles. The van der Waals surface area contributed by atoms with Crippen LogP contribution in [0.5, 0.6) is 0 Å². The average molecular weight is 368 g/mol. The Hall–Kier alpha value is -2.36. The van der Waals surface area contributed by atoms with Crippen molar-refractivity contribution in [3.63, 3.8) is 0 Å². The van der Waals surface area contributed by atoms with Crippen LogP contribution in [0.15, 0.2) is 24.3 Å². The Bertz CT molecular complexity index is 791. The molecule has 0 unspecified atom stereocenters. The molecule has 1 aliphatic carbocycles. The largest absolute Gasteiger partial charge is 0.394 e. The first kappa shape index (κ1) is 18.0. The summed E-state index contributed by atoms with van der Waals surface area (Å²) in [6.45, 7) is 1.01. The maximum Gasteiger partial charge on any atom is 0.242 e. The number of carbonyl (C=O) groups excluding carboxylic acids is 2. The topological polar surface area (TPSA) is 70.1 Å². The van der Waals surface area contributed by atoms with Gasteiger partial charge in [-0.15, -0.1) is 0 Å². The first-order valence-corrected chi connectivity index (χ1v) is 9.42. The summed E-state index contributed by atoms with van der Waals surface area (Å²) in [5, 5.41) is 9.83. The van der Waals surface area contributed by atoms with Crippen molar-refractivity contribution in [1.82, 2.24) is 9.80 Å². The highest BCUT2D eigenvalue weighted by molar-refractivity contribution is 5.89. The lowest BCUT2D eigenvalue weighted by molar-refractivity contribution is -0.167. The van der Waals surface area contributed by atoms with Gasteiger partial charge < -0.3 is 19.6 Å². The van der Waals surface area contributed by atoms with E-state index in [2.05, 4.69) is 11.8 Å². The van der Waals surface area contributed by atoms with Crippen LogP contribution in [-0.2, 0) is 14.3 Å². The zero-order valence-corrected chi connectivity index (χ0v) is 15.4. The zero-order chi connectivity index (χ0) is 19.0. The van der Waals surface area contributed by atoms with Gasteiger partial charge in [-0.3, -0.25) is 9.59 Å². The summed E-state index contributed by atoms with van der Waals surface area (Å²) in [6, 6.07) is 7.64. The number of nitrogens with zero attached hydrogens (tertiary/aromatic N) is 2. The number of methoxy groups -OCH3 is 1. The van der Waals surface area contributed by atoms with E-state index in [4.69, 9.17) is 4.74 Å². The fraction of sp³-hybridized carbons (Fsp3) is 0.524. The molecule has 4 rings (SSSR count). The minimum atomic E-state index is -0.217. The normalized spacial score (nSPS) is 26.7.